The van der Waals surface area contributed by atoms with E-state index in [9.17, 15) is 4.79 Å². The van der Waals surface area contributed by atoms with Crippen LogP contribution in [0.3, 0.4) is 0 Å². The van der Waals surface area contributed by atoms with Crippen LogP contribution in [-0.4, -0.2) is 37.1 Å². The number of benzene rings is 1. The number of hydrogen-bond acceptors (Lipinski definition) is 7. The number of aryl methyl sites for hydroxylation is 1. The number of methoxy groups -OCH3 is 1. The van der Waals surface area contributed by atoms with E-state index in [1.54, 1.807) is 17.7 Å². The molecule has 0 fully saturated rings. The first-order chi connectivity index (χ1) is 14.1. The Morgan fingerprint density at radius 3 is 2.69 bits per heavy atom. The Balaban J connectivity index is 1.50. The van der Waals surface area contributed by atoms with E-state index < -0.39 is 0 Å². The van der Waals surface area contributed by atoms with Gasteiger partial charge in [-0.3, -0.25) is 9.20 Å². The Morgan fingerprint density at radius 1 is 1.14 bits per heavy atom. The van der Waals surface area contributed by atoms with Crippen LogP contribution in [0.15, 0.2) is 58.6 Å². The lowest BCUT2D eigenvalue weighted by Gasteiger charge is -2.08. The second-order valence-corrected chi connectivity index (χ2v) is 7.47. The van der Waals surface area contributed by atoms with Crippen molar-refractivity contribution in [3.8, 4) is 17.1 Å². The summed E-state index contributed by atoms with van der Waals surface area (Å²) in [7, 11) is 1.62. The lowest BCUT2D eigenvalue weighted by atomic mass is 10.2. The zero-order valence-electron chi connectivity index (χ0n) is 16.1. The fraction of sp³-hybridized carbons (Fsp3) is 0.200. The van der Waals surface area contributed by atoms with E-state index in [1.807, 2.05) is 49.4 Å². The van der Waals surface area contributed by atoms with E-state index in [0.717, 1.165) is 17.0 Å². The number of aromatic nitrogens is 5. The molecule has 2 N–H and O–H groups in total. The van der Waals surface area contributed by atoms with E-state index in [1.165, 1.54) is 16.4 Å². The molecule has 3 heterocycles. The second kappa shape index (κ2) is 7.96. The Labute approximate surface area is 171 Å². The quantitative estimate of drug-likeness (QED) is 0.386. The SMILES string of the molecule is COc1ccc(-c2nnc(SCCc3c(C)nc4ccccn4c3=O)n2N)cc1. The molecule has 0 saturated heterocycles. The summed E-state index contributed by atoms with van der Waals surface area (Å²) in [4.78, 5) is 17.3. The smallest absolute Gasteiger partial charge is 0.261 e. The molecule has 0 bridgehead atoms. The molecular formula is C20H20N6O2S. The number of rotatable bonds is 6. The summed E-state index contributed by atoms with van der Waals surface area (Å²) in [6.07, 6.45) is 2.29. The molecule has 0 aliphatic heterocycles. The van der Waals surface area contributed by atoms with Crippen molar-refractivity contribution in [3.63, 3.8) is 0 Å². The summed E-state index contributed by atoms with van der Waals surface area (Å²) in [6.45, 7) is 1.86. The van der Waals surface area contributed by atoms with Crippen LogP contribution in [0.5, 0.6) is 5.75 Å². The molecule has 29 heavy (non-hydrogen) atoms. The molecule has 148 valence electrons. The van der Waals surface area contributed by atoms with Crippen molar-refractivity contribution in [1.29, 1.82) is 0 Å². The first-order valence-corrected chi connectivity index (χ1v) is 10.0. The van der Waals surface area contributed by atoms with Gasteiger partial charge < -0.3 is 10.6 Å². The van der Waals surface area contributed by atoms with Crippen LogP contribution in [0, 0.1) is 6.92 Å². The first kappa shape index (κ1) is 19.0. The lowest BCUT2D eigenvalue weighted by Crippen LogP contribution is -2.22. The maximum Gasteiger partial charge on any atom is 0.261 e. The highest BCUT2D eigenvalue weighted by Gasteiger charge is 2.14. The van der Waals surface area contributed by atoms with Crippen LogP contribution in [0.4, 0.5) is 0 Å². The number of nitrogens with two attached hydrogens (primary N) is 1. The Hall–Kier alpha value is -3.33. The van der Waals surface area contributed by atoms with Gasteiger partial charge in [0, 0.05) is 28.8 Å². The molecule has 0 aliphatic carbocycles. The highest BCUT2D eigenvalue weighted by molar-refractivity contribution is 7.99. The van der Waals surface area contributed by atoms with Crippen molar-refractivity contribution >= 4 is 17.4 Å². The molecule has 3 aromatic heterocycles. The minimum absolute atomic E-state index is 0.0400. The van der Waals surface area contributed by atoms with Gasteiger partial charge in [0.25, 0.3) is 5.56 Å². The van der Waals surface area contributed by atoms with Crippen LogP contribution in [0.1, 0.15) is 11.3 Å². The van der Waals surface area contributed by atoms with Crippen LogP contribution in [0.25, 0.3) is 17.0 Å². The average molecular weight is 408 g/mol. The first-order valence-electron chi connectivity index (χ1n) is 9.03. The molecule has 0 spiro atoms. The van der Waals surface area contributed by atoms with Crippen molar-refractivity contribution in [1.82, 2.24) is 24.3 Å². The number of ether oxygens (including phenoxy) is 1. The molecule has 8 nitrogen and oxygen atoms in total. The highest BCUT2D eigenvalue weighted by Crippen LogP contribution is 2.24. The van der Waals surface area contributed by atoms with E-state index in [0.29, 0.717) is 34.4 Å². The Morgan fingerprint density at radius 2 is 1.93 bits per heavy atom. The Bertz CT molecular complexity index is 1220. The van der Waals surface area contributed by atoms with E-state index >= 15 is 0 Å². The maximum absolute atomic E-state index is 12.7. The van der Waals surface area contributed by atoms with Gasteiger partial charge in [0.2, 0.25) is 5.16 Å². The van der Waals surface area contributed by atoms with Gasteiger partial charge in [-0.25, -0.2) is 9.66 Å². The molecule has 0 radical (unpaired) electrons. The van der Waals surface area contributed by atoms with Crippen LogP contribution < -0.4 is 16.1 Å². The van der Waals surface area contributed by atoms with Gasteiger partial charge in [-0.05, 0) is 49.7 Å². The van der Waals surface area contributed by atoms with E-state index in [2.05, 4.69) is 15.2 Å². The highest BCUT2D eigenvalue weighted by atomic mass is 32.2. The minimum atomic E-state index is -0.0400. The molecule has 4 rings (SSSR count). The summed E-state index contributed by atoms with van der Waals surface area (Å²) < 4.78 is 8.20. The maximum atomic E-state index is 12.7. The summed E-state index contributed by atoms with van der Waals surface area (Å²) in [5.41, 5.74) is 2.90. The van der Waals surface area contributed by atoms with Crippen molar-refractivity contribution in [2.24, 2.45) is 0 Å². The van der Waals surface area contributed by atoms with Crippen molar-refractivity contribution in [2.45, 2.75) is 18.5 Å². The minimum Gasteiger partial charge on any atom is -0.497 e. The number of nitrogen functional groups attached to an aromatic ring is 1. The summed E-state index contributed by atoms with van der Waals surface area (Å²) in [5.74, 6) is 8.14. The number of hydrogen-bond donors (Lipinski definition) is 1. The molecule has 0 saturated carbocycles. The number of pyridine rings is 1. The largest absolute Gasteiger partial charge is 0.497 e. The average Bonchev–Trinajstić information content (AvgIpc) is 3.11. The van der Waals surface area contributed by atoms with Gasteiger partial charge in [-0.1, -0.05) is 17.8 Å². The van der Waals surface area contributed by atoms with Crippen LogP contribution in [-0.2, 0) is 6.42 Å². The normalized spacial score (nSPS) is 11.1. The van der Waals surface area contributed by atoms with Crippen LogP contribution >= 0.6 is 11.8 Å². The molecule has 0 amide bonds. The van der Waals surface area contributed by atoms with Crippen molar-refractivity contribution in [2.75, 3.05) is 18.7 Å². The number of nitrogens with zero attached hydrogens (tertiary/aromatic N) is 5. The third-order valence-corrected chi connectivity index (χ3v) is 5.58. The van der Waals surface area contributed by atoms with Crippen molar-refractivity contribution < 1.29 is 4.74 Å². The molecule has 1 aromatic carbocycles. The molecule has 9 heteroatoms. The number of fused-ring (bicyclic) bond motifs is 1. The fourth-order valence-electron chi connectivity index (χ4n) is 3.08. The molecular weight excluding hydrogens is 388 g/mol. The Kier molecular flexibility index (Phi) is 5.22. The molecule has 4 aromatic rings. The van der Waals surface area contributed by atoms with Gasteiger partial charge in [0.1, 0.15) is 11.4 Å². The van der Waals surface area contributed by atoms with Gasteiger partial charge in [0.15, 0.2) is 5.82 Å². The van der Waals surface area contributed by atoms with Crippen molar-refractivity contribution in [3.05, 3.63) is 70.3 Å². The van der Waals surface area contributed by atoms with Gasteiger partial charge >= 0.3 is 0 Å². The molecule has 0 aliphatic rings. The third-order valence-electron chi connectivity index (χ3n) is 4.63. The van der Waals surface area contributed by atoms with Gasteiger partial charge in [-0.15, -0.1) is 10.2 Å². The van der Waals surface area contributed by atoms with Crippen LogP contribution in [0.2, 0.25) is 0 Å². The lowest BCUT2D eigenvalue weighted by molar-refractivity contribution is 0.415. The summed E-state index contributed by atoms with van der Waals surface area (Å²) >= 11 is 1.45. The zero-order chi connectivity index (χ0) is 20.4. The predicted molar refractivity (Wildman–Crippen MR) is 113 cm³/mol. The summed E-state index contributed by atoms with van der Waals surface area (Å²) in [5, 5.41) is 8.96. The van der Waals surface area contributed by atoms with E-state index in [4.69, 9.17) is 10.6 Å². The molecule has 0 unspecified atom stereocenters. The molecule has 0 atom stereocenters. The van der Waals surface area contributed by atoms with Gasteiger partial charge in [-0.2, -0.15) is 0 Å². The topological polar surface area (TPSA) is 100 Å². The predicted octanol–water partition coefficient (Wildman–Crippen LogP) is 2.32. The van der Waals surface area contributed by atoms with E-state index in [-0.39, 0.29) is 5.56 Å². The second-order valence-electron chi connectivity index (χ2n) is 6.41. The standard InChI is InChI=1S/C20H20N6O2S/c1-13-16(19(27)25-11-4-3-5-17(25)22-13)10-12-29-20-24-23-18(26(20)21)14-6-8-15(28-2)9-7-14/h3-9,11H,10,12,21H2,1-2H3. The monoisotopic (exact) mass is 408 g/mol. The summed E-state index contributed by atoms with van der Waals surface area (Å²) in [6, 6.07) is 13.0. The zero-order valence-corrected chi connectivity index (χ0v) is 16.9. The fourth-order valence-corrected chi connectivity index (χ4v) is 3.89. The number of thioether (sulfide) groups is 1. The third kappa shape index (κ3) is 3.68. The van der Waals surface area contributed by atoms with Gasteiger partial charge in [0.05, 0.1) is 7.11 Å².